The number of hydrogen-bond acceptors (Lipinski definition) is 2. The van der Waals surface area contributed by atoms with E-state index in [-0.39, 0.29) is 5.41 Å². The molecule has 0 saturated heterocycles. The van der Waals surface area contributed by atoms with E-state index >= 15 is 0 Å². The first-order valence-corrected chi connectivity index (χ1v) is 9.41. The minimum atomic E-state index is -0.826. The number of halogens is 1. The predicted octanol–water partition coefficient (Wildman–Crippen LogP) is 4.78. The van der Waals surface area contributed by atoms with E-state index in [9.17, 15) is 0 Å². The second-order valence-electron chi connectivity index (χ2n) is 5.45. The Hall–Kier alpha value is -0.483. The van der Waals surface area contributed by atoms with Crippen LogP contribution >= 0.6 is 15.9 Å². The van der Waals surface area contributed by atoms with Crippen LogP contribution in [0, 0.1) is 0 Å². The summed E-state index contributed by atoms with van der Waals surface area (Å²) >= 11 is 3.55. The third-order valence-electron chi connectivity index (χ3n) is 2.47. The molecule has 0 bridgehead atoms. The van der Waals surface area contributed by atoms with Gasteiger partial charge in [0.2, 0.25) is 0 Å². The van der Waals surface area contributed by atoms with Gasteiger partial charge in [-0.15, -0.1) is 0 Å². The highest BCUT2D eigenvalue weighted by Gasteiger charge is 2.24. The van der Waals surface area contributed by atoms with E-state index in [0.29, 0.717) is 6.61 Å². The van der Waals surface area contributed by atoms with Crippen molar-refractivity contribution in [1.82, 2.24) is 0 Å². The standard InChI is InChI=1S/C14H22BrO2Si/c1-7-16-13-11(15)9-8-10(14(2,3)4)12(13)17-18(5)6/h8-9H,7H2,1-6H3. The average molecular weight is 330 g/mol. The van der Waals surface area contributed by atoms with Crippen LogP contribution in [0.5, 0.6) is 11.5 Å². The highest BCUT2D eigenvalue weighted by Crippen LogP contribution is 2.43. The van der Waals surface area contributed by atoms with Crippen molar-refractivity contribution in [2.24, 2.45) is 0 Å². The van der Waals surface area contributed by atoms with Gasteiger partial charge < -0.3 is 9.16 Å². The maximum absolute atomic E-state index is 6.08. The van der Waals surface area contributed by atoms with E-state index < -0.39 is 9.04 Å². The van der Waals surface area contributed by atoms with Crippen molar-refractivity contribution in [3.05, 3.63) is 22.2 Å². The summed E-state index contributed by atoms with van der Waals surface area (Å²) in [6.45, 7) is 13.5. The zero-order valence-electron chi connectivity index (χ0n) is 12.1. The van der Waals surface area contributed by atoms with Crippen LogP contribution in [0.1, 0.15) is 33.3 Å². The van der Waals surface area contributed by atoms with Crippen LogP contribution in [0.25, 0.3) is 0 Å². The molecule has 0 spiro atoms. The fourth-order valence-corrected chi connectivity index (χ4v) is 2.75. The molecule has 0 amide bonds. The Balaban J connectivity index is 3.39. The Morgan fingerprint density at radius 3 is 2.22 bits per heavy atom. The quantitative estimate of drug-likeness (QED) is 0.740. The number of ether oxygens (including phenoxy) is 1. The lowest BCUT2D eigenvalue weighted by Crippen LogP contribution is -2.19. The van der Waals surface area contributed by atoms with Crippen LogP contribution in [0.3, 0.4) is 0 Å². The second kappa shape index (κ2) is 6.11. The minimum absolute atomic E-state index is 0.0409. The number of rotatable bonds is 4. The molecule has 0 heterocycles. The monoisotopic (exact) mass is 329 g/mol. The Kier molecular flexibility index (Phi) is 5.28. The number of hydrogen-bond donors (Lipinski definition) is 0. The summed E-state index contributed by atoms with van der Waals surface area (Å²) in [6.07, 6.45) is 0. The highest BCUT2D eigenvalue weighted by molar-refractivity contribution is 9.10. The lowest BCUT2D eigenvalue weighted by molar-refractivity contribution is 0.323. The first kappa shape index (κ1) is 15.6. The first-order chi connectivity index (χ1) is 8.27. The van der Waals surface area contributed by atoms with Gasteiger partial charge in [0.15, 0.2) is 11.5 Å². The summed E-state index contributed by atoms with van der Waals surface area (Å²) in [5.74, 6) is 1.73. The second-order valence-corrected chi connectivity index (χ2v) is 8.32. The minimum Gasteiger partial charge on any atom is -0.540 e. The van der Waals surface area contributed by atoms with Gasteiger partial charge in [-0.05, 0) is 47.4 Å². The Morgan fingerprint density at radius 1 is 1.17 bits per heavy atom. The zero-order valence-corrected chi connectivity index (χ0v) is 14.6. The molecule has 0 aliphatic heterocycles. The molecule has 4 heteroatoms. The molecule has 0 N–H and O–H groups in total. The molecule has 0 aliphatic carbocycles. The van der Waals surface area contributed by atoms with Crippen molar-refractivity contribution < 1.29 is 9.16 Å². The van der Waals surface area contributed by atoms with Gasteiger partial charge in [-0.25, -0.2) is 0 Å². The smallest absolute Gasteiger partial charge is 0.274 e. The first-order valence-electron chi connectivity index (χ1n) is 6.21. The van der Waals surface area contributed by atoms with Crippen molar-refractivity contribution in [3.8, 4) is 11.5 Å². The van der Waals surface area contributed by atoms with Crippen LogP contribution in [0.4, 0.5) is 0 Å². The lowest BCUT2D eigenvalue weighted by atomic mass is 9.86. The van der Waals surface area contributed by atoms with E-state index in [2.05, 4.69) is 55.9 Å². The summed E-state index contributed by atoms with van der Waals surface area (Å²) < 4.78 is 12.8. The van der Waals surface area contributed by atoms with Gasteiger partial charge in [0.25, 0.3) is 9.04 Å². The Labute approximate surface area is 121 Å². The van der Waals surface area contributed by atoms with E-state index in [0.717, 1.165) is 16.0 Å². The van der Waals surface area contributed by atoms with E-state index in [1.165, 1.54) is 5.56 Å². The SMILES string of the molecule is CCOc1c(Br)ccc(C(C)(C)C)c1O[Si](C)C. The van der Waals surface area contributed by atoms with Crippen molar-refractivity contribution >= 4 is 25.0 Å². The molecule has 1 radical (unpaired) electrons. The van der Waals surface area contributed by atoms with E-state index in [4.69, 9.17) is 9.16 Å². The summed E-state index contributed by atoms with van der Waals surface area (Å²) in [5, 5.41) is 0. The van der Waals surface area contributed by atoms with Crippen molar-refractivity contribution in [2.75, 3.05) is 6.61 Å². The molecule has 0 fully saturated rings. The Morgan fingerprint density at radius 2 is 1.78 bits per heavy atom. The van der Waals surface area contributed by atoms with Crippen molar-refractivity contribution in [2.45, 2.75) is 46.2 Å². The fraction of sp³-hybridized carbons (Fsp3) is 0.571. The highest BCUT2D eigenvalue weighted by atomic mass is 79.9. The average Bonchev–Trinajstić information content (AvgIpc) is 2.20. The van der Waals surface area contributed by atoms with Crippen LogP contribution in [0.15, 0.2) is 16.6 Å². The van der Waals surface area contributed by atoms with Crippen molar-refractivity contribution in [1.29, 1.82) is 0 Å². The van der Waals surface area contributed by atoms with E-state index in [1.54, 1.807) is 0 Å². The molecule has 0 unspecified atom stereocenters. The van der Waals surface area contributed by atoms with Gasteiger partial charge in [-0.3, -0.25) is 0 Å². The largest absolute Gasteiger partial charge is 0.540 e. The number of benzene rings is 1. The van der Waals surface area contributed by atoms with Gasteiger partial charge in [0, 0.05) is 5.56 Å². The molecule has 1 rings (SSSR count). The lowest BCUT2D eigenvalue weighted by Gasteiger charge is -2.26. The molecule has 0 aliphatic rings. The van der Waals surface area contributed by atoms with Crippen LogP contribution < -0.4 is 9.16 Å². The van der Waals surface area contributed by atoms with Crippen LogP contribution in [0.2, 0.25) is 13.1 Å². The van der Waals surface area contributed by atoms with Gasteiger partial charge in [-0.2, -0.15) is 0 Å². The summed E-state index contributed by atoms with van der Waals surface area (Å²) in [7, 11) is -0.826. The summed E-state index contributed by atoms with van der Waals surface area (Å²) in [4.78, 5) is 0. The van der Waals surface area contributed by atoms with Crippen molar-refractivity contribution in [3.63, 3.8) is 0 Å². The maximum Gasteiger partial charge on any atom is 0.274 e. The van der Waals surface area contributed by atoms with Gasteiger partial charge >= 0.3 is 0 Å². The molecule has 0 atom stereocenters. The van der Waals surface area contributed by atoms with Gasteiger partial charge in [0.1, 0.15) is 0 Å². The third kappa shape index (κ3) is 3.75. The third-order valence-corrected chi connectivity index (χ3v) is 3.70. The molecular formula is C14H22BrO2Si. The zero-order chi connectivity index (χ0) is 13.9. The molecular weight excluding hydrogens is 308 g/mol. The molecule has 18 heavy (non-hydrogen) atoms. The predicted molar refractivity (Wildman–Crippen MR) is 82.1 cm³/mol. The van der Waals surface area contributed by atoms with Gasteiger partial charge in [0.05, 0.1) is 11.1 Å². The summed E-state index contributed by atoms with van der Waals surface area (Å²) in [5.41, 5.74) is 1.24. The molecule has 0 saturated carbocycles. The molecule has 1 aromatic carbocycles. The molecule has 0 aromatic heterocycles. The maximum atomic E-state index is 6.08. The van der Waals surface area contributed by atoms with Crippen LogP contribution in [-0.2, 0) is 5.41 Å². The normalized spacial score (nSPS) is 11.8. The fourth-order valence-electron chi connectivity index (χ4n) is 1.71. The topological polar surface area (TPSA) is 18.5 Å². The van der Waals surface area contributed by atoms with E-state index in [1.807, 2.05) is 13.0 Å². The molecule has 1 aromatic rings. The van der Waals surface area contributed by atoms with Crippen LogP contribution in [-0.4, -0.2) is 15.6 Å². The molecule has 101 valence electrons. The Bertz CT molecular complexity index is 411. The van der Waals surface area contributed by atoms with Gasteiger partial charge in [-0.1, -0.05) is 26.8 Å². The molecule has 2 nitrogen and oxygen atoms in total. The summed E-state index contributed by atoms with van der Waals surface area (Å²) in [6, 6.07) is 4.16.